The number of hydrogen-bond acceptors (Lipinski definition) is 2. The first-order chi connectivity index (χ1) is 16.9. The van der Waals surface area contributed by atoms with Gasteiger partial charge in [-0.15, -0.1) is 0 Å². The van der Waals surface area contributed by atoms with Gasteiger partial charge in [-0.1, -0.05) is 109 Å². The molecule has 0 bridgehead atoms. The van der Waals surface area contributed by atoms with E-state index in [0.29, 0.717) is 6.54 Å². The first kappa shape index (κ1) is 20.3. The molecule has 5 aromatic rings. The van der Waals surface area contributed by atoms with Crippen molar-refractivity contribution < 1.29 is 0 Å². The summed E-state index contributed by atoms with van der Waals surface area (Å²) in [5.74, 6) is 0.158. The largest absolute Gasteiger partial charge is 0.184 e. The van der Waals surface area contributed by atoms with Crippen LogP contribution in [0.15, 0.2) is 132 Å². The quantitative estimate of drug-likeness (QED) is 0.246. The summed E-state index contributed by atoms with van der Waals surface area (Å²) in [5, 5.41) is 11.6. The maximum Gasteiger partial charge on any atom is 0.0862 e. The lowest BCUT2D eigenvalue weighted by Crippen LogP contribution is -2.05. The summed E-state index contributed by atoms with van der Waals surface area (Å²) >= 11 is 0. The highest BCUT2D eigenvalue weighted by Crippen LogP contribution is 2.47. The molecule has 34 heavy (non-hydrogen) atoms. The summed E-state index contributed by atoms with van der Waals surface area (Å²) < 4.78 is 0. The Hall–Kier alpha value is -4.30. The first-order valence-electron chi connectivity index (χ1n) is 11.7. The van der Waals surface area contributed by atoms with Crippen LogP contribution >= 0.6 is 0 Å². The number of hydrogen-bond donors (Lipinski definition) is 0. The van der Waals surface area contributed by atoms with Gasteiger partial charge in [-0.05, 0) is 62.4 Å². The number of nitrogens with zero attached hydrogens (tertiary/aromatic N) is 2. The second-order valence-electron chi connectivity index (χ2n) is 8.62. The second-order valence-corrected chi connectivity index (χ2v) is 8.62. The van der Waals surface area contributed by atoms with E-state index in [1.165, 1.54) is 44.2 Å². The average Bonchev–Trinajstić information content (AvgIpc) is 3.29. The number of fused-ring (bicyclic) bond motifs is 2. The number of rotatable bonds is 5. The van der Waals surface area contributed by atoms with Crippen molar-refractivity contribution in [2.75, 3.05) is 0 Å². The normalized spacial score (nSPS) is 14.9. The third-order valence-corrected chi connectivity index (χ3v) is 6.60. The fraction of sp³-hybridized carbons (Fsp3) is 0.0625. The molecule has 162 valence electrons. The summed E-state index contributed by atoms with van der Waals surface area (Å²) in [7, 11) is 0. The molecule has 1 unspecified atom stereocenters. The van der Waals surface area contributed by atoms with Gasteiger partial charge >= 0.3 is 0 Å². The van der Waals surface area contributed by atoms with Crippen molar-refractivity contribution in [2.24, 2.45) is 10.2 Å². The summed E-state index contributed by atoms with van der Waals surface area (Å²) in [5.41, 5.74) is 8.63. The zero-order chi connectivity index (χ0) is 22.7. The molecule has 6 rings (SSSR count). The average molecular weight is 437 g/mol. The molecule has 0 fully saturated rings. The second kappa shape index (κ2) is 8.92. The molecule has 5 aromatic carbocycles. The van der Waals surface area contributed by atoms with Crippen LogP contribution in [-0.4, -0.2) is 0 Å². The van der Waals surface area contributed by atoms with E-state index in [1.807, 2.05) is 30.3 Å². The molecule has 0 heterocycles. The van der Waals surface area contributed by atoms with Gasteiger partial charge in [0.2, 0.25) is 0 Å². The molecule has 0 spiro atoms. The van der Waals surface area contributed by atoms with Crippen LogP contribution in [0.5, 0.6) is 0 Å². The first-order valence-corrected chi connectivity index (χ1v) is 11.7. The fourth-order valence-electron chi connectivity index (χ4n) is 5.02. The maximum absolute atomic E-state index is 4.65. The molecular weight excluding hydrogens is 412 g/mol. The van der Waals surface area contributed by atoms with Crippen LogP contribution < -0.4 is 0 Å². The lowest BCUT2D eigenvalue weighted by Gasteiger charge is -2.22. The molecule has 1 atom stereocenters. The third kappa shape index (κ3) is 3.74. The minimum atomic E-state index is 0.158. The van der Waals surface area contributed by atoms with Gasteiger partial charge in [0, 0.05) is 5.92 Å². The Morgan fingerprint density at radius 3 is 2.15 bits per heavy atom. The molecule has 0 N–H and O–H groups in total. The van der Waals surface area contributed by atoms with Gasteiger partial charge in [-0.2, -0.15) is 10.2 Å². The van der Waals surface area contributed by atoms with Crippen molar-refractivity contribution in [1.82, 2.24) is 0 Å². The van der Waals surface area contributed by atoms with E-state index in [2.05, 4.69) is 107 Å². The third-order valence-electron chi connectivity index (χ3n) is 6.60. The van der Waals surface area contributed by atoms with Gasteiger partial charge in [0.25, 0.3) is 0 Å². The standard InChI is InChI=1S/C32H24N2/c1-3-11-23(12-4-1)30-21-25-14-8-10-18-28(25)32(30)29-20-19-24-13-7-9-17-27(24)31(29)22-33-34-26-15-5-2-6-16-26/h1-21,32H,22H2. The van der Waals surface area contributed by atoms with Crippen molar-refractivity contribution in [1.29, 1.82) is 0 Å². The van der Waals surface area contributed by atoms with Gasteiger partial charge < -0.3 is 0 Å². The summed E-state index contributed by atoms with van der Waals surface area (Å²) in [6.45, 7) is 0.534. The minimum absolute atomic E-state index is 0.158. The van der Waals surface area contributed by atoms with Crippen molar-refractivity contribution in [2.45, 2.75) is 12.5 Å². The Balaban J connectivity index is 1.51. The molecule has 1 aliphatic rings. The number of azo groups is 1. The summed E-state index contributed by atoms with van der Waals surface area (Å²) in [6.07, 6.45) is 2.35. The predicted octanol–water partition coefficient (Wildman–Crippen LogP) is 8.81. The van der Waals surface area contributed by atoms with E-state index in [-0.39, 0.29) is 5.92 Å². The topological polar surface area (TPSA) is 24.7 Å². The molecule has 0 aromatic heterocycles. The Morgan fingerprint density at radius 1 is 0.588 bits per heavy atom. The van der Waals surface area contributed by atoms with Gasteiger partial charge in [-0.3, -0.25) is 0 Å². The molecule has 2 nitrogen and oxygen atoms in total. The maximum atomic E-state index is 4.65. The Kier molecular flexibility index (Phi) is 5.33. The van der Waals surface area contributed by atoms with Gasteiger partial charge in [0.15, 0.2) is 0 Å². The molecule has 0 saturated carbocycles. The molecule has 0 radical (unpaired) electrons. The van der Waals surface area contributed by atoms with Gasteiger partial charge in [0.1, 0.15) is 0 Å². The van der Waals surface area contributed by atoms with E-state index < -0.39 is 0 Å². The zero-order valence-corrected chi connectivity index (χ0v) is 18.8. The molecule has 0 saturated heterocycles. The number of allylic oxidation sites excluding steroid dienone is 1. The van der Waals surface area contributed by atoms with E-state index in [4.69, 9.17) is 0 Å². The van der Waals surface area contributed by atoms with Crippen molar-refractivity contribution in [3.63, 3.8) is 0 Å². The van der Waals surface area contributed by atoms with Crippen molar-refractivity contribution in [3.8, 4) is 0 Å². The van der Waals surface area contributed by atoms with E-state index in [1.54, 1.807) is 0 Å². The van der Waals surface area contributed by atoms with Crippen LogP contribution in [0.3, 0.4) is 0 Å². The molecule has 2 heteroatoms. The SMILES string of the molecule is C1=C(c2ccccc2)C(c2ccc3ccccc3c2CN=Nc2ccccc2)c2ccccc21. The highest BCUT2D eigenvalue weighted by atomic mass is 15.1. The molecule has 0 aliphatic heterocycles. The fourth-order valence-corrected chi connectivity index (χ4v) is 5.02. The Morgan fingerprint density at radius 2 is 1.29 bits per heavy atom. The van der Waals surface area contributed by atoms with Crippen LogP contribution in [0.1, 0.15) is 33.7 Å². The molecule has 1 aliphatic carbocycles. The monoisotopic (exact) mass is 436 g/mol. The van der Waals surface area contributed by atoms with Crippen LogP contribution in [-0.2, 0) is 6.54 Å². The van der Waals surface area contributed by atoms with E-state index >= 15 is 0 Å². The summed E-state index contributed by atoms with van der Waals surface area (Å²) in [4.78, 5) is 0. The molecule has 0 amide bonds. The van der Waals surface area contributed by atoms with Crippen LogP contribution in [0.2, 0.25) is 0 Å². The summed E-state index contributed by atoms with van der Waals surface area (Å²) in [6, 6.07) is 42.5. The highest BCUT2D eigenvalue weighted by Gasteiger charge is 2.29. The lowest BCUT2D eigenvalue weighted by molar-refractivity contribution is 0.930. The smallest absolute Gasteiger partial charge is 0.0862 e. The Bertz CT molecular complexity index is 1520. The van der Waals surface area contributed by atoms with Crippen LogP contribution in [0.4, 0.5) is 5.69 Å². The van der Waals surface area contributed by atoms with Gasteiger partial charge in [-0.25, -0.2) is 0 Å². The lowest BCUT2D eigenvalue weighted by atomic mass is 9.81. The minimum Gasteiger partial charge on any atom is -0.184 e. The van der Waals surface area contributed by atoms with Crippen LogP contribution in [0.25, 0.3) is 22.4 Å². The van der Waals surface area contributed by atoms with E-state index in [9.17, 15) is 0 Å². The van der Waals surface area contributed by atoms with Gasteiger partial charge in [0.05, 0.1) is 12.2 Å². The van der Waals surface area contributed by atoms with Crippen LogP contribution in [0, 0.1) is 0 Å². The van der Waals surface area contributed by atoms with Crippen molar-refractivity contribution in [3.05, 3.63) is 149 Å². The Labute approximate surface area is 199 Å². The predicted molar refractivity (Wildman–Crippen MR) is 141 cm³/mol. The highest BCUT2D eigenvalue weighted by molar-refractivity contribution is 5.96. The molecular formula is C32H24N2. The van der Waals surface area contributed by atoms with E-state index in [0.717, 1.165) is 5.69 Å². The number of benzene rings is 5. The van der Waals surface area contributed by atoms with Crippen molar-refractivity contribution >= 4 is 28.1 Å². The zero-order valence-electron chi connectivity index (χ0n) is 18.8.